The summed E-state index contributed by atoms with van der Waals surface area (Å²) in [5, 5.41) is 19.1. The van der Waals surface area contributed by atoms with Crippen molar-refractivity contribution in [2.45, 2.75) is 13.2 Å². The van der Waals surface area contributed by atoms with Crippen LogP contribution in [0.15, 0.2) is 59.1 Å². The summed E-state index contributed by atoms with van der Waals surface area (Å²) in [4.78, 5) is 23.0. The van der Waals surface area contributed by atoms with Gasteiger partial charge < -0.3 is 14.5 Å². The average Bonchev–Trinajstić information content (AvgIpc) is 3.42. The molecule has 0 spiro atoms. The highest BCUT2D eigenvalue weighted by molar-refractivity contribution is 6.42. The Labute approximate surface area is 218 Å². The molecule has 0 atom stereocenters. The van der Waals surface area contributed by atoms with Gasteiger partial charge in [-0.3, -0.25) is 19.6 Å². The van der Waals surface area contributed by atoms with Crippen LogP contribution in [0.1, 0.15) is 21.9 Å². The first kappa shape index (κ1) is 24.9. The molecule has 4 aromatic rings. The number of nitro groups is 1. The highest BCUT2D eigenvalue weighted by Crippen LogP contribution is 2.30. The van der Waals surface area contributed by atoms with Crippen LogP contribution in [0.25, 0.3) is 0 Å². The Morgan fingerprint density at radius 1 is 1.03 bits per heavy atom. The molecule has 0 aliphatic rings. The molecular formula is C22H14Cl4N4O5. The van der Waals surface area contributed by atoms with Crippen molar-refractivity contribution in [1.82, 2.24) is 9.78 Å². The van der Waals surface area contributed by atoms with Gasteiger partial charge >= 0.3 is 0 Å². The van der Waals surface area contributed by atoms with E-state index in [9.17, 15) is 14.9 Å². The number of benzene rings is 2. The molecule has 35 heavy (non-hydrogen) atoms. The zero-order chi connectivity index (χ0) is 25.1. The Hall–Kier alpha value is -3.24. The van der Waals surface area contributed by atoms with Crippen molar-refractivity contribution in [3.8, 4) is 5.75 Å². The molecule has 0 bridgehead atoms. The van der Waals surface area contributed by atoms with Crippen molar-refractivity contribution >= 4 is 63.8 Å². The van der Waals surface area contributed by atoms with Crippen LogP contribution in [-0.2, 0) is 13.2 Å². The molecule has 0 radical (unpaired) electrons. The van der Waals surface area contributed by atoms with E-state index in [2.05, 4.69) is 10.4 Å². The van der Waals surface area contributed by atoms with Gasteiger partial charge in [0.25, 0.3) is 11.6 Å². The SMILES string of the molecule is O=C(Nc1nn(Cc2ccc(Cl)c(Cl)c2)cc1Cl)c1ccc(COc2cc([N+](=O)[O-])ccc2Cl)o1. The van der Waals surface area contributed by atoms with Gasteiger partial charge in [-0.15, -0.1) is 0 Å². The molecule has 0 unspecified atom stereocenters. The van der Waals surface area contributed by atoms with Gasteiger partial charge in [0.15, 0.2) is 11.6 Å². The third-order valence-electron chi connectivity index (χ3n) is 4.66. The van der Waals surface area contributed by atoms with Crippen LogP contribution < -0.4 is 10.1 Å². The van der Waals surface area contributed by atoms with E-state index in [0.717, 1.165) is 5.56 Å². The van der Waals surface area contributed by atoms with E-state index in [-0.39, 0.29) is 39.7 Å². The lowest BCUT2D eigenvalue weighted by Gasteiger charge is -2.06. The molecule has 0 fully saturated rings. The van der Waals surface area contributed by atoms with Crippen molar-refractivity contribution in [2.75, 3.05) is 5.32 Å². The first-order valence-electron chi connectivity index (χ1n) is 9.83. The molecule has 13 heteroatoms. The molecular weight excluding hydrogens is 542 g/mol. The van der Waals surface area contributed by atoms with E-state index < -0.39 is 10.8 Å². The predicted octanol–water partition coefficient (Wildman–Crippen LogP) is 6.88. The second kappa shape index (κ2) is 10.6. The highest BCUT2D eigenvalue weighted by Gasteiger charge is 2.17. The number of ether oxygens (including phenoxy) is 1. The van der Waals surface area contributed by atoms with Crippen molar-refractivity contribution in [1.29, 1.82) is 0 Å². The number of nitrogens with one attached hydrogen (secondary N) is 1. The summed E-state index contributed by atoms with van der Waals surface area (Å²) < 4.78 is 12.6. The van der Waals surface area contributed by atoms with Gasteiger partial charge in [0, 0.05) is 12.3 Å². The minimum absolute atomic E-state index is 0.0103. The van der Waals surface area contributed by atoms with Crippen LogP contribution in [0.5, 0.6) is 5.75 Å². The number of nitro benzene ring substituents is 1. The topological polar surface area (TPSA) is 112 Å². The lowest BCUT2D eigenvalue weighted by atomic mass is 10.2. The zero-order valence-electron chi connectivity index (χ0n) is 17.5. The number of rotatable bonds is 8. The Balaban J connectivity index is 1.39. The summed E-state index contributed by atoms with van der Waals surface area (Å²) in [6, 6.07) is 12.0. The molecule has 4 rings (SSSR count). The monoisotopic (exact) mass is 554 g/mol. The van der Waals surface area contributed by atoms with E-state index in [4.69, 9.17) is 55.6 Å². The molecule has 0 aliphatic heterocycles. The van der Waals surface area contributed by atoms with Gasteiger partial charge in [-0.25, -0.2) is 0 Å². The Morgan fingerprint density at radius 2 is 1.80 bits per heavy atom. The maximum absolute atomic E-state index is 12.6. The summed E-state index contributed by atoms with van der Waals surface area (Å²) in [5.74, 6) is -0.0269. The molecule has 1 amide bonds. The summed E-state index contributed by atoms with van der Waals surface area (Å²) in [6.45, 7) is 0.252. The molecule has 0 saturated carbocycles. The first-order chi connectivity index (χ1) is 16.7. The predicted molar refractivity (Wildman–Crippen MR) is 132 cm³/mol. The molecule has 1 N–H and O–H groups in total. The maximum atomic E-state index is 12.6. The normalized spacial score (nSPS) is 10.9. The number of hydrogen-bond acceptors (Lipinski definition) is 6. The van der Waals surface area contributed by atoms with Gasteiger partial charge in [-0.1, -0.05) is 52.5 Å². The van der Waals surface area contributed by atoms with Crippen LogP contribution in [0.2, 0.25) is 20.1 Å². The number of anilines is 1. The second-order valence-electron chi connectivity index (χ2n) is 7.15. The smallest absolute Gasteiger partial charge is 0.292 e. The lowest BCUT2D eigenvalue weighted by Crippen LogP contribution is -2.12. The van der Waals surface area contributed by atoms with Crippen LogP contribution in [-0.4, -0.2) is 20.6 Å². The largest absolute Gasteiger partial charge is 0.484 e. The molecule has 9 nitrogen and oxygen atoms in total. The number of amides is 1. The number of halogens is 4. The fraction of sp³-hybridized carbons (Fsp3) is 0.0909. The second-order valence-corrected chi connectivity index (χ2v) is 8.78. The fourth-order valence-electron chi connectivity index (χ4n) is 3.00. The molecule has 0 aliphatic carbocycles. The molecule has 0 saturated heterocycles. The van der Waals surface area contributed by atoms with Crippen LogP contribution in [0, 0.1) is 10.1 Å². The van der Waals surface area contributed by atoms with E-state index in [0.29, 0.717) is 22.4 Å². The lowest BCUT2D eigenvalue weighted by molar-refractivity contribution is -0.384. The zero-order valence-corrected chi connectivity index (χ0v) is 20.5. The Morgan fingerprint density at radius 3 is 2.54 bits per heavy atom. The van der Waals surface area contributed by atoms with Gasteiger partial charge in [0.05, 0.1) is 32.6 Å². The van der Waals surface area contributed by atoms with Gasteiger partial charge in [0.1, 0.15) is 23.1 Å². The summed E-state index contributed by atoms with van der Waals surface area (Å²) in [5.41, 5.74) is 0.676. The van der Waals surface area contributed by atoms with Gasteiger partial charge in [-0.05, 0) is 35.9 Å². The number of non-ortho nitro benzene ring substituents is 1. The van der Waals surface area contributed by atoms with Crippen molar-refractivity contribution in [3.05, 3.63) is 102 Å². The minimum atomic E-state index is -0.577. The van der Waals surface area contributed by atoms with Crippen molar-refractivity contribution in [2.24, 2.45) is 0 Å². The number of carbonyl (C=O) groups is 1. The van der Waals surface area contributed by atoms with E-state index in [1.807, 2.05) is 0 Å². The Kier molecular flexibility index (Phi) is 7.51. The van der Waals surface area contributed by atoms with E-state index in [1.54, 1.807) is 29.1 Å². The Bertz CT molecular complexity index is 1420. The maximum Gasteiger partial charge on any atom is 0.292 e. The number of hydrogen-bond donors (Lipinski definition) is 1. The number of carbonyl (C=O) groups excluding carboxylic acids is 1. The molecule has 2 heterocycles. The van der Waals surface area contributed by atoms with Crippen molar-refractivity contribution in [3.63, 3.8) is 0 Å². The quantitative estimate of drug-likeness (QED) is 0.187. The van der Waals surface area contributed by atoms with Crippen LogP contribution >= 0.6 is 46.4 Å². The standard InChI is InChI=1S/C22H14Cl4N4O5/c23-15-4-1-12(7-17(15)25)9-29-10-18(26)21(28-29)27-22(31)19-6-3-14(35-19)11-34-20-8-13(30(32)33)2-5-16(20)24/h1-8,10H,9,11H2,(H,27,28,31). The van der Waals surface area contributed by atoms with E-state index >= 15 is 0 Å². The van der Waals surface area contributed by atoms with Crippen LogP contribution in [0.4, 0.5) is 11.5 Å². The molecule has 2 aromatic heterocycles. The molecule has 180 valence electrons. The van der Waals surface area contributed by atoms with Gasteiger partial charge in [-0.2, -0.15) is 5.10 Å². The summed E-state index contributed by atoms with van der Waals surface area (Å²) >= 11 is 24.2. The molecule has 2 aromatic carbocycles. The minimum Gasteiger partial charge on any atom is -0.484 e. The summed E-state index contributed by atoms with van der Waals surface area (Å²) in [6.07, 6.45) is 1.56. The number of furan rings is 1. The average molecular weight is 556 g/mol. The van der Waals surface area contributed by atoms with Gasteiger partial charge in [0.2, 0.25) is 0 Å². The van der Waals surface area contributed by atoms with Crippen LogP contribution in [0.3, 0.4) is 0 Å². The fourth-order valence-corrected chi connectivity index (χ4v) is 3.69. The third kappa shape index (κ3) is 6.07. The third-order valence-corrected chi connectivity index (χ3v) is 5.99. The number of nitrogens with zero attached hydrogens (tertiary/aromatic N) is 3. The van der Waals surface area contributed by atoms with Crippen molar-refractivity contribution < 1.29 is 18.9 Å². The highest BCUT2D eigenvalue weighted by atomic mass is 35.5. The number of aromatic nitrogens is 2. The first-order valence-corrected chi connectivity index (χ1v) is 11.3. The summed E-state index contributed by atoms with van der Waals surface area (Å²) in [7, 11) is 0. The van der Waals surface area contributed by atoms with E-state index in [1.165, 1.54) is 30.3 Å².